The lowest BCUT2D eigenvalue weighted by atomic mass is 10.00. The van der Waals surface area contributed by atoms with Gasteiger partial charge < -0.3 is 15.0 Å². The summed E-state index contributed by atoms with van der Waals surface area (Å²) in [4.78, 5) is 23.5. The van der Waals surface area contributed by atoms with E-state index in [-0.39, 0.29) is 5.91 Å². The minimum Gasteiger partial charge on any atom is -0.497 e. The standard InChI is InChI=1S/C21H28N4O2/c1-15-6-5-11-25(14-15)21(26)19-13-20(24-16(2)23-19)22-10-9-17-7-4-8-18(12-17)27-3/h4,7-8,12-13,15H,5-6,9-11,14H2,1-3H3,(H,22,23,24). The molecule has 1 saturated heterocycles. The van der Waals surface area contributed by atoms with Crippen LogP contribution >= 0.6 is 0 Å². The molecule has 1 aromatic carbocycles. The van der Waals surface area contributed by atoms with Gasteiger partial charge in [-0.15, -0.1) is 0 Å². The Morgan fingerprint density at radius 2 is 2.19 bits per heavy atom. The molecule has 1 atom stereocenters. The van der Waals surface area contributed by atoms with Crippen LogP contribution in [0.3, 0.4) is 0 Å². The molecule has 1 aromatic heterocycles. The van der Waals surface area contributed by atoms with Crippen molar-refractivity contribution >= 4 is 11.7 Å². The van der Waals surface area contributed by atoms with Gasteiger partial charge in [-0.2, -0.15) is 0 Å². The maximum atomic E-state index is 12.8. The highest BCUT2D eigenvalue weighted by atomic mass is 16.5. The number of hydrogen-bond acceptors (Lipinski definition) is 5. The van der Waals surface area contributed by atoms with Crippen molar-refractivity contribution in [3.05, 3.63) is 47.4 Å². The molecule has 1 N–H and O–H groups in total. The van der Waals surface area contributed by atoms with Crippen molar-refractivity contribution in [3.63, 3.8) is 0 Å². The molecule has 2 heterocycles. The third-order valence-corrected chi connectivity index (χ3v) is 4.86. The van der Waals surface area contributed by atoms with E-state index in [0.717, 1.165) is 38.2 Å². The van der Waals surface area contributed by atoms with Crippen LogP contribution in [0.1, 0.15) is 41.6 Å². The van der Waals surface area contributed by atoms with Gasteiger partial charge in [0.15, 0.2) is 0 Å². The summed E-state index contributed by atoms with van der Waals surface area (Å²) in [5.74, 6) is 2.71. The zero-order valence-corrected chi connectivity index (χ0v) is 16.4. The summed E-state index contributed by atoms with van der Waals surface area (Å²) in [6.07, 6.45) is 3.08. The molecular formula is C21H28N4O2. The molecule has 0 spiro atoms. The number of ether oxygens (including phenoxy) is 1. The Balaban J connectivity index is 1.63. The van der Waals surface area contributed by atoms with Crippen molar-refractivity contribution in [2.75, 3.05) is 32.1 Å². The molecule has 0 bridgehead atoms. The van der Waals surface area contributed by atoms with Crippen LogP contribution in [0.4, 0.5) is 5.82 Å². The fraction of sp³-hybridized carbons (Fsp3) is 0.476. The van der Waals surface area contributed by atoms with Gasteiger partial charge in [0.25, 0.3) is 5.91 Å². The maximum absolute atomic E-state index is 12.8. The molecule has 27 heavy (non-hydrogen) atoms. The number of nitrogens with one attached hydrogen (secondary N) is 1. The number of likely N-dealkylation sites (tertiary alicyclic amines) is 1. The summed E-state index contributed by atoms with van der Waals surface area (Å²) in [5.41, 5.74) is 1.66. The van der Waals surface area contributed by atoms with Gasteiger partial charge in [-0.1, -0.05) is 19.1 Å². The number of carbonyl (C=O) groups excluding carboxylic acids is 1. The van der Waals surface area contributed by atoms with E-state index < -0.39 is 0 Å². The van der Waals surface area contributed by atoms with Gasteiger partial charge in [-0.25, -0.2) is 9.97 Å². The van der Waals surface area contributed by atoms with Crippen molar-refractivity contribution in [1.29, 1.82) is 0 Å². The van der Waals surface area contributed by atoms with Crippen molar-refractivity contribution in [3.8, 4) is 5.75 Å². The number of anilines is 1. The first-order valence-electron chi connectivity index (χ1n) is 9.57. The molecule has 0 aliphatic carbocycles. The van der Waals surface area contributed by atoms with Crippen molar-refractivity contribution in [1.82, 2.24) is 14.9 Å². The SMILES string of the molecule is COc1cccc(CCNc2cc(C(=O)N3CCCC(C)C3)nc(C)n2)c1. The normalized spacial score (nSPS) is 16.9. The lowest BCUT2D eigenvalue weighted by Crippen LogP contribution is -2.39. The number of methoxy groups -OCH3 is 1. The number of aromatic nitrogens is 2. The summed E-state index contributed by atoms with van der Waals surface area (Å²) < 4.78 is 5.26. The molecule has 6 heteroatoms. The van der Waals surface area contributed by atoms with Crippen molar-refractivity contribution < 1.29 is 9.53 Å². The highest BCUT2D eigenvalue weighted by Gasteiger charge is 2.23. The number of aryl methyl sites for hydroxylation is 1. The van der Waals surface area contributed by atoms with Gasteiger partial charge in [-0.3, -0.25) is 4.79 Å². The van der Waals surface area contributed by atoms with E-state index in [1.807, 2.05) is 30.0 Å². The Kier molecular flexibility index (Phi) is 6.27. The Hall–Kier alpha value is -2.63. The molecule has 0 radical (unpaired) electrons. The van der Waals surface area contributed by atoms with Crippen LogP contribution in [0.5, 0.6) is 5.75 Å². The summed E-state index contributed by atoms with van der Waals surface area (Å²) in [7, 11) is 1.67. The summed E-state index contributed by atoms with van der Waals surface area (Å²) in [6, 6.07) is 9.78. The van der Waals surface area contributed by atoms with E-state index in [1.165, 1.54) is 12.0 Å². The average molecular weight is 368 g/mol. The molecule has 2 aromatic rings. The van der Waals surface area contributed by atoms with Crippen LogP contribution < -0.4 is 10.1 Å². The van der Waals surface area contributed by atoms with Gasteiger partial charge in [0, 0.05) is 25.7 Å². The third kappa shape index (κ3) is 5.18. The Labute approximate surface area is 161 Å². The second-order valence-corrected chi connectivity index (χ2v) is 7.21. The van der Waals surface area contributed by atoms with E-state index in [2.05, 4.69) is 28.3 Å². The van der Waals surface area contributed by atoms with Gasteiger partial charge >= 0.3 is 0 Å². The van der Waals surface area contributed by atoms with Crippen LogP contribution in [0.25, 0.3) is 0 Å². The molecule has 1 fully saturated rings. The second kappa shape index (κ2) is 8.84. The summed E-state index contributed by atoms with van der Waals surface area (Å²) in [5, 5.41) is 3.32. The first-order valence-corrected chi connectivity index (χ1v) is 9.57. The van der Waals surface area contributed by atoms with E-state index in [1.54, 1.807) is 13.2 Å². The highest BCUT2D eigenvalue weighted by Crippen LogP contribution is 2.18. The van der Waals surface area contributed by atoms with Gasteiger partial charge in [0.2, 0.25) is 0 Å². The van der Waals surface area contributed by atoms with E-state index in [9.17, 15) is 4.79 Å². The first-order chi connectivity index (χ1) is 13.0. The number of nitrogens with zero attached hydrogens (tertiary/aromatic N) is 3. The number of amides is 1. The molecule has 1 amide bonds. The third-order valence-electron chi connectivity index (χ3n) is 4.86. The topological polar surface area (TPSA) is 67.3 Å². The lowest BCUT2D eigenvalue weighted by Gasteiger charge is -2.30. The maximum Gasteiger partial charge on any atom is 0.272 e. The zero-order valence-electron chi connectivity index (χ0n) is 16.4. The summed E-state index contributed by atoms with van der Waals surface area (Å²) >= 11 is 0. The minimum absolute atomic E-state index is 0.00268. The zero-order chi connectivity index (χ0) is 19.2. The Morgan fingerprint density at radius 1 is 1.33 bits per heavy atom. The molecule has 3 rings (SSSR count). The second-order valence-electron chi connectivity index (χ2n) is 7.21. The fourth-order valence-electron chi connectivity index (χ4n) is 3.47. The first kappa shape index (κ1) is 19.1. The molecule has 1 unspecified atom stereocenters. The van der Waals surface area contributed by atoms with Crippen LogP contribution in [-0.2, 0) is 6.42 Å². The highest BCUT2D eigenvalue weighted by molar-refractivity contribution is 5.93. The predicted octanol–water partition coefficient (Wildman–Crippen LogP) is 3.32. The molecule has 0 saturated carbocycles. The van der Waals surface area contributed by atoms with Crippen LogP contribution in [0.15, 0.2) is 30.3 Å². The number of rotatable bonds is 6. The van der Waals surface area contributed by atoms with E-state index >= 15 is 0 Å². The van der Waals surface area contributed by atoms with Gasteiger partial charge in [0.1, 0.15) is 23.1 Å². The summed E-state index contributed by atoms with van der Waals surface area (Å²) in [6.45, 7) is 6.35. The molecule has 6 nitrogen and oxygen atoms in total. The van der Waals surface area contributed by atoms with Crippen LogP contribution in [0.2, 0.25) is 0 Å². The van der Waals surface area contributed by atoms with Gasteiger partial charge in [-0.05, 0) is 49.8 Å². The van der Waals surface area contributed by atoms with Crippen LogP contribution in [-0.4, -0.2) is 47.5 Å². The Morgan fingerprint density at radius 3 is 2.96 bits per heavy atom. The number of hydrogen-bond donors (Lipinski definition) is 1. The molecule has 1 aliphatic heterocycles. The molecular weight excluding hydrogens is 340 g/mol. The van der Waals surface area contributed by atoms with E-state index in [4.69, 9.17) is 4.74 Å². The number of carbonyl (C=O) groups is 1. The smallest absolute Gasteiger partial charge is 0.272 e. The molecule has 144 valence electrons. The largest absolute Gasteiger partial charge is 0.497 e. The number of benzene rings is 1. The monoisotopic (exact) mass is 368 g/mol. The predicted molar refractivity (Wildman–Crippen MR) is 106 cm³/mol. The Bertz CT molecular complexity index is 794. The fourth-order valence-corrected chi connectivity index (χ4v) is 3.47. The van der Waals surface area contributed by atoms with Crippen molar-refractivity contribution in [2.24, 2.45) is 5.92 Å². The van der Waals surface area contributed by atoms with Crippen LogP contribution in [0, 0.1) is 12.8 Å². The van der Waals surface area contributed by atoms with Gasteiger partial charge in [0.05, 0.1) is 7.11 Å². The lowest BCUT2D eigenvalue weighted by molar-refractivity contribution is 0.0676. The molecule has 1 aliphatic rings. The average Bonchev–Trinajstić information content (AvgIpc) is 2.67. The number of piperidine rings is 1. The quantitative estimate of drug-likeness (QED) is 0.847. The van der Waals surface area contributed by atoms with Crippen molar-refractivity contribution in [2.45, 2.75) is 33.1 Å². The minimum atomic E-state index is 0.00268. The van der Waals surface area contributed by atoms with E-state index in [0.29, 0.717) is 23.3 Å².